The predicted octanol–water partition coefficient (Wildman–Crippen LogP) is 2.79. The standard InChI is InChI=1S/C16H20N4O/c1-10(2)8-20-16(21)14-7-11(9-19-14)12-3-5-17-15-13(12)4-6-18-15/h3-7,9-10,16,19-21H,8H2,1-2H3,(H,17,18). The Morgan fingerprint density at radius 2 is 2.14 bits per heavy atom. The normalized spacial score (nSPS) is 13.1. The highest BCUT2D eigenvalue weighted by Gasteiger charge is 2.12. The summed E-state index contributed by atoms with van der Waals surface area (Å²) in [6.45, 7) is 4.99. The van der Waals surface area contributed by atoms with E-state index < -0.39 is 6.23 Å². The van der Waals surface area contributed by atoms with Crippen molar-refractivity contribution in [3.63, 3.8) is 0 Å². The Hall–Kier alpha value is -2.11. The van der Waals surface area contributed by atoms with Gasteiger partial charge in [-0.3, -0.25) is 5.32 Å². The molecule has 3 aromatic rings. The summed E-state index contributed by atoms with van der Waals surface area (Å²) < 4.78 is 0. The molecule has 0 aromatic carbocycles. The predicted molar refractivity (Wildman–Crippen MR) is 83.7 cm³/mol. The summed E-state index contributed by atoms with van der Waals surface area (Å²) in [6, 6.07) is 5.97. The van der Waals surface area contributed by atoms with Crippen molar-refractivity contribution in [2.45, 2.75) is 20.1 Å². The molecule has 0 spiro atoms. The average Bonchev–Trinajstić information content (AvgIpc) is 3.12. The molecule has 21 heavy (non-hydrogen) atoms. The molecule has 0 aliphatic rings. The molecule has 1 atom stereocenters. The molecule has 0 amide bonds. The van der Waals surface area contributed by atoms with Crippen LogP contribution in [0, 0.1) is 5.92 Å². The zero-order chi connectivity index (χ0) is 14.8. The van der Waals surface area contributed by atoms with E-state index in [2.05, 4.69) is 34.1 Å². The van der Waals surface area contributed by atoms with Gasteiger partial charge in [-0.1, -0.05) is 13.8 Å². The third kappa shape index (κ3) is 2.84. The lowest BCUT2D eigenvalue weighted by atomic mass is 10.1. The van der Waals surface area contributed by atoms with E-state index in [4.69, 9.17) is 0 Å². The van der Waals surface area contributed by atoms with Gasteiger partial charge in [0.1, 0.15) is 11.9 Å². The smallest absolute Gasteiger partial charge is 0.145 e. The van der Waals surface area contributed by atoms with E-state index in [0.29, 0.717) is 5.92 Å². The second-order valence-electron chi connectivity index (χ2n) is 5.65. The molecule has 3 aromatic heterocycles. The summed E-state index contributed by atoms with van der Waals surface area (Å²) >= 11 is 0. The number of hydrogen-bond acceptors (Lipinski definition) is 3. The van der Waals surface area contributed by atoms with Crippen molar-refractivity contribution in [3.05, 3.63) is 42.5 Å². The third-order valence-corrected chi connectivity index (χ3v) is 3.49. The molecule has 0 radical (unpaired) electrons. The van der Waals surface area contributed by atoms with Crippen LogP contribution in [-0.4, -0.2) is 26.6 Å². The van der Waals surface area contributed by atoms with Crippen LogP contribution in [0.25, 0.3) is 22.2 Å². The Morgan fingerprint density at radius 1 is 1.29 bits per heavy atom. The van der Waals surface area contributed by atoms with Crippen LogP contribution in [0.1, 0.15) is 25.8 Å². The third-order valence-electron chi connectivity index (χ3n) is 3.49. The van der Waals surface area contributed by atoms with E-state index in [1.807, 2.05) is 30.6 Å². The van der Waals surface area contributed by atoms with Gasteiger partial charge in [-0.2, -0.15) is 0 Å². The maximum Gasteiger partial charge on any atom is 0.145 e. The van der Waals surface area contributed by atoms with Crippen molar-refractivity contribution in [2.24, 2.45) is 5.92 Å². The molecule has 5 nitrogen and oxygen atoms in total. The number of aliphatic hydroxyl groups excluding tert-OH is 1. The first-order valence-electron chi connectivity index (χ1n) is 7.17. The molecular weight excluding hydrogens is 264 g/mol. The number of rotatable bonds is 5. The van der Waals surface area contributed by atoms with Crippen LogP contribution in [0.15, 0.2) is 36.8 Å². The van der Waals surface area contributed by atoms with Gasteiger partial charge in [-0.05, 0) is 29.7 Å². The van der Waals surface area contributed by atoms with Gasteiger partial charge in [0.15, 0.2) is 0 Å². The van der Waals surface area contributed by atoms with E-state index in [0.717, 1.165) is 34.4 Å². The van der Waals surface area contributed by atoms with Crippen molar-refractivity contribution < 1.29 is 5.11 Å². The minimum atomic E-state index is -0.676. The van der Waals surface area contributed by atoms with Crippen LogP contribution >= 0.6 is 0 Å². The number of fused-ring (bicyclic) bond motifs is 1. The van der Waals surface area contributed by atoms with Crippen LogP contribution in [0.2, 0.25) is 0 Å². The zero-order valence-electron chi connectivity index (χ0n) is 12.2. The first kappa shape index (κ1) is 13.9. The minimum absolute atomic E-state index is 0.494. The largest absolute Gasteiger partial charge is 0.373 e. The Kier molecular flexibility index (Phi) is 3.77. The molecule has 0 bridgehead atoms. The molecule has 0 saturated heterocycles. The zero-order valence-corrected chi connectivity index (χ0v) is 12.2. The van der Waals surface area contributed by atoms with E-state index in [1.54, 1.807) is 6.20 Å². The second-order valence-corrected chi connectivity index (χ2v) is 5.65. The van der Waals surface area contributed by atoms with Crippen molar-refractivity contribution >= 4 is 11.0 Å². The second kappa shape index (κ2) is 5.71. The summed E-state index contributed by atoms with van der Waals surface area (Å²) in [6.07, 6.45) is 4.91. The van der Waals surface area contributed by atoms with Gasteiger partial charge in [-0.25, -0.2) is 4.98 Å². The summed E-state index contributed by atoms with van der Waals surface area (Å²) in [7, 11) is 0. The molecule has 1 unspecified atom stereocenters. The Morgan fingerprint density at radius 3 is 2.95 bits per heavy atom. The van der Waals surface area contributed by atoms with Crippen molar-refractivity contribution in [1.29, 1.82) is 0 Å². The Bertz CT molecular complexity index is 729. The van der Waals surface area contributed by atoms with Gasteiger partial charge >= 0.3 is 0 Å². The van der Waals surface area contributed by atoms with E-state index >= 15 is 0 Å². The molecule has 110 valence electrons. The molecule has 3 heterocycles. The fourth-order valence-electron chi connectivity index (χ4n) is 2.40. The maximum atomic E-state index is 10.1. The minimum Gasteiger partial charge on any atom is -0.373 e. The number of nitrogens with one attached hydrogen (secondary N) is 3. The molecule has 0 fully saturated rings. The summed E-state index contributed by atoms with van der Waals surface area (Å²) in [5, 5.41) is 14.3. The topological polar surface area (TPSA) is 76.7 Å². The lowest BCUT2D eigenvalue weighted by Crippen LogP contribution is -2.25. The number of pyridine rings is 1. The van der Waals surface area contributed by atoms with Gasteiger partial charge in [0.25, 0.3) is 0 Å². The maximum absolute atomic E-state index is 10.1. The number of aliphatic hydroxyl groups is 1. The van der Waals surface area contributed by atoms with Crippen molar-refractivity contribution in [2.75, 3.05) is 6.54 Å². The highest BCUT2D eigenvalue weighted by Crippen LogP contribution is 2.28. The molecule has 3 rings (SSSR count). The van der Waals surface area contributed by atoms with Gasteiger partial charge in [0, 0.05) is 36.1 Å². The quantitative estimate of drug-likeness (QED) is 0.544. The summed E-state index contributed by atoms with van der Waals surface area (Å²) in [5.74, 6) is 0.494. The van der Waals surface area contributed by atoms with Gasteiger partial charge < -0.3 is 15.1 Å². The molecule has 0 saturated carbocycles. The first-order chi connectivity index (χ1) is 10.1. The first-order valence-corrected chi connectivity index (χ1v) is 7.17. The highest BCUT2D eigenvalue weighted by atomic mass is 16.3. The number of H-pyrrole nitrogens is 2. The number of aromatic amines is 2. The van der Waals surface area contributed by atoms with E-state index in [9.17, 15) is 5.11 Å². The fourth-order valence-corrected chi connectivity index (χ4v) is 2.40. The van der Waals surface area contributed by atoms with Gasteiger partial charge in [0.05, 0.1) is 5.69 Å². The van der Waals surface area contributed by atoms with Gasteiger partial charge in [0.2, 0.25) is 0 Å². The molecule has 4 N–H and O–H groups in total. The van der Waals surface area contributed by atoms with Crippen LogP contribution in [0.3, 0.4) is 0 Å². The van der Waals surface area contributed by atoms with E-state index in [1.165, 1.54) is 0 Å². The summed E-state index contributed by atoms with van der Waals surface area (Å²) in [4.78, 5) is 10.5. The van der Waals surface area contributed by atoms with Crippen LogP contribution in [0.5, 0.6) is 0 Å². The molecule has 0 aliphatic heterocycles. The SMILES string of the molecule is CC(C)CNC(O)c1cc(-c2ccnc3[nH]ccc23)c[nH]1. The van der Waals surface area contributed by atoms with Crippen LogP contribution in [0.4, 0.5) is 0 Å². The molecule has 0 aliphatic carbocycles. The van der Waals surface area contributed by atoms with Crippen molar-refractivity contribution in [3.8, 4) is 11.1 Å². The molecular formula is C16H20N4O. The number of hydrogen-bond donors (Lipinski definition) is 4. The van der Waals surface area contributed by atoms with E-state index in [-0.39, 0.29) is 0 Å². The average molecular weight is 284 g/mol. The Balaban J connectivity index is 1.86. The van der Waals surface area contributed by atoms with Gasteiger partial charge in [-0.15, -0.1) is 0 Å². The van der Waals surface area contributed by atoms with Crippen LogP contribution < -0.4 is 5.32 Å². The van der Waals surface area contributed by atoms with Crippen molar-refractivity contribution in [1.82, 2.24) is 20.3 Å². The van der Waals surface area contributed by atoms with Crippen LogP contribution in [-0.2, 0) is 0 Å². The lowest BCUT2D eigenvalue weighted by molar-refractivity contribution is 0.131. The molecule has 5 heteroatoms. The number of aromatic nitrogens is 3. The highest BCUT2D eigenvalue weighted by molar-refractivity contribution is 5.92. The Labute approximate surface area is 123 Å². The number of nitrogens with zero attached hydrogens (tertiary/aromatic N) is 1. The fraction of sp³-hybridized carbons (Fsp3) is 0.312. The lowest BCUT2D eigenvalue weighted by Gasteiger charge is -2.12. The summed E-state index contributed by atoms with van der Waals surface area (Å²) in [5.41, 5.74) is 3.78. The monoisotopic (exact) mass is 284 g/mol.